The summed E-state index contributed by atoms with van der Waals surface area (Å²) in [5.41, 5.74) is -0.647. The molecule has 1 aliphatic carbocycles. The molecule has 1 aliphatic rings. The number of aromatic nitrogens is 2. The Morgan fingerprint density at radius 3 is 2.90 bits per heavy atom. The van der Waals surface area contributed by atoms with E-state index in [1.165, 1.54) is 6.33 Å². The fourth-order valence-electron chi connectivity index (χ4n) is 2.88. The summed E-state index contributed by atoms with van der Waals surface area (Å²) >= 11 is 1.56. The molecule has 0 spiro atoms. The minimum atomic E-state index is -0.694. The van der Waals surface area contributed by atoms with E-state index in [0.29, 0.717) is 6.54 Å². The van der Waals surface area contributed by atoms with Crippen molar-refractivity contribution in [3.8, 4) is 0 Å². The Morgan fingerprint density at radius 2 is 2.15 bits per heavy atom. The number of rotatable bonds is 4. The maximum Gasteiger partial charge on any atom is 0.311 e. The summed E-state index contributed by atoms with van der Waals surface area (Å²) in [7, 11) is 0. The molecule has 0 radical (unpaired) electrons. The van der Waals surface area contributed by atoms with Crippen molar-refractivity contribution in [1.29, 1.82) is 0 Å². The summed E-state index contributed by atoms with van der Waals surface area (Å²) in [6.07, 6.45) is 6.13. The Hall–Kier alpha value is -1.69. The largest absolute Gasteiger partial charge is 0.481 e. The highest BCUT2D eigenvalue weighted by atomic mass is 32.1. The Balaban J connectivity index is 1.80. The zero-order chi connectivity index (χ0) is 14.0. The van der Waals surface area contributed by atoms with E-state index < -0.39 is 11.4 Å². The van der Waals surface area contributed by atoms with Gasteiger partial charge in [0.05, 0.1) is 10.8 Å². The van der Waals surface area contributed by atoms with E-state index in [2.05, 4.69) is 15.3 Å². The van der Waals surface area contributed by atoms with Crippen LogP contribution in [0.4, 0.5) is 5.82 Å². The number of carboxylic acids is 1. The van der Waals surface area contributed by atoms with E-state index in [0.717, 1.165) is 48.1 Å². The van der Waals surface area contributed by atoms with Gasteiger partial charge in [0.25, 0.3) is 0 Å². The van der Waals surface area contributed by atoms with Crippen LogP contribution in [0.1, 0.15) is 32.1 Å². The standard InChI is InChI=1S/C14H17N3O2S/c18-13(19)14(5-2-1-3-6-14)8-15-11-10-4-7-20-12(10)17-9-16-11/h4,7,9H,1-3,5-6,8H2,(H,18,19)(H,15,16,17). The third kappa shape index (κ3) is 2.35. The first-order valence-corrected chi connectivity index (χ1v) is 7.75. The molecule has 5 nitrogen and oxygen atoms in total. The molecule has 1 saturated carbocycles. The van der Waals surface area contributed by atoms with E-state index >= 15 is 0 Å². The van der Waals surface area contributed by atoms with Crippen LogP contribution in [0.2, 0.25) is 0 Å². The van der Waals surface area contributed by atoms with Crippen LogP contribution in [0.15, 0.2) is 17.8 Å². The molecule has 2 aromatic heterocycles. The maximum absolute atomic E-state index is 11.6. The van der Waals surface area contributed by atoms with Crippen molar-refractivity contribution >= 4 is 33.3 Å². The van der Waals surface area contributed by atoms with Crippen molar-refractivity contribution in [2.75, 3.05) is 11.9 Å². The second-order valence-electron chi connectivity index (χ2n) is 5.36. The van der Waals surface area contributed by atoms with Gasteiger partial charge in [0.1, 0.15) is 17.0 Å². The van der Waals surface area contributed by atoms with E-state index in [1.807, 2.05) is 11.4 Å². The van der Waals surface area contributed by atoms with Gasteiger partial charge < -0.3 is 10.4 Å². The molecule has 2 N–H and O–H groups in total. The molecule has 0 saturated heterocycles. The fourth-order valence-corrected chi connectivity index (χ4v) is 3.61. The highest BCUT2D eigenvalue weighted by Gasteiger charge is 2.39. The lowest BCUT2D eigenvalue weighted by molar-refractivity contribution is -0.150. The predicted octanol–water partition coefficient (Wildman–Crippen LogP) is 3.14. The topological polar surface area (TPSA) is 75.1 Å². The molecule has 2 aromatic rings. The summed E-state index contributed by atoms with van der Waals surface area (Å²) in [5.74, 6) is 0.0442. The van der Waals surface area contributed by atoms with Crippen LogP contribution in [0.5, 0.6) is 0 Å². The van der Waals surface area contributed by atoms with Crippen LogP contribution in [0.25, 0.3) is 10.2 Å². The molecular weight excluding hydrogens is 274 g/mol. The molecule has 0 atom stereocenters. The zero-order valence-electron chi connectivity index (χ0n) is 11.1. The van der Waals surface area contributed by atoms with Gasteiger partial charge in [-0.15, -0.1) is 11.3 Å². The molecule has 0 unspecified atom stereocenters. The Bertz CT molecular complexity index is 620. The monoisotopic (exact) mass is 291 g/mol. The lowest BCUT2D eigenvalue weighted by atomic mass is 9.74. The first-order chi connectivity index (χ1) is 9.71. The maximum atomic E-state index is 11.6. The van der Waals surface area contributed by atoms with Gasteiger partial charge in [-0.05, 0) is 24.3 Å². The van der Waals surface area contributed by atoms with Crippen LogP contribution >= 0.6 is 11.3 Å². The van der Waals surface area contributed by atoms with Gasteiger partial charge in [-0.3, -0.25) is 4.79 Å². The second kappa shape index (κ2) is 5.36. The van der Waals surface area contributed by atoms with E-state index in [4.69, 9.17) is 0 Å². The number of carbonyl (C=O) groups is 1. The summed E-state index contributed by atoms with van der Waals surface area (Å²) in [5, 5.41) is 15.7. The summed E-state index contributed by atoms with van der Waals surface area (Å²) in [4.78, 5) is 21.0. The van der Waals surface area contributed by atoms with Crippen LogP contribution in [-0.2, 0) is 4.79 Å². The van der Waals surface area contributed by atoms with Crippen LogP contribution in [0, 0.1) is 5.41 Å². The Labute approximate surface area is 121 Å². The van der Waals surface area contributed by atoms with Crippen molar-refractivity contribution in [2.24, 2.45) is 5.41 Å². The lowest BCUT2D eigenvalue weighted by Crippen LogP contribution is -2.39. The Morgan fingerprint density at radius 1 is 1.35 bits per heavy atom. The minimum Gasteiger partial charge on any atom is -0.481 e. The Kier molecular flexibility index (Phi) is 3.56. The normalized spacial score (nSPS) is 18.0. The van der Waals surface area contributed by atoms with Gasteiger partial charge in [0.15, 0.2) is 0 Å². The molecule has 0 bridgehead atoms. The van der Waals surface area contributed by atoms with Gasteiger partial charge in [0, 0.05) is 6.54 Å². The minimum absolute atomic E-state index is 0.435. The smallest absolute Gasteiger partial charge is 0.311 e. The number of anilines is 1. The number of carboxylic acid groups (broad SMARTS) is 1. The third-order valence-electron chi connectivity index (χ3n) is 4.12. The van der Waals surface area contributed by atoms with E-state index in [9.17, 15) is 9.90 Å². The van der Waals surface area contributed by atoms with Gasteiger partial charge in [-0.1, -0.05) is 19.3 Å². The van der Waals surface area contributed by atoms with Crippen molar-refractivity contribution < 1.29 is 9.90 Å². The third-order valence-corrected chi connectivity index (χ3v) is 4.94. The number of nitrogens with zero attached hydrogens (tertiary/aromatic N) is 2. The highest BCUT2D eigenvalue weighted by molar-refractivity contribution is 7.16. The number of aliphatic carboxylic acids is 1. The fraction of sp³-hybridized carbons (Fsp3) is 0.500. The molecule has 1 fully saturated rings. The molecule has 6 heteroatoms. The second-order valence-corrected chi connectivity index (χ2v) is 6.26. The van der Waals surface area contributed by atoms with E-state index in [-0.39, 0.29) is 0 Å². The van der Waals surface area contributed by atoms with Crippen molar-refractivity contribution in [2.45, 2.75) is 32.1 Å². The van der Waals surface area contributed by atoms with Crippen molar-refractivity contribution in [3.05, 3.63) is 17.8 Å². The number of hydrogen-bond donors (Lipinski definition) is 2. The van der Waals surface area contributed by atoms with Crippen LogP contribution < -0.4 is 5.32 Å². The molecule has 106 valence electrons. The number of thiophene rings is 1. The molecule has 0 amide bonds. The molecule has 20 heavy (non-hydrogen) atoms. The quantitative estimate of drug-likeness (QED) is 0.905. The average molecular weight is 291 g/mol. The lowest BCUT2D eigenvalue weighted by Gasteiger charge is -2.33. The van der Waals surface area contributed by atoms with Crippen molar-refractivity contribution in [3.63, 3.8) is 0 Å². The zero-order valence-corrected chi connectivity index (χ0v) is 11.9. The number of hydrogen-bond acceptors (Lipinski definition) is 5. The molecule has 0 aromatic carbocycles. The molecule has 3 rings (SSSR count). The first kappa shape index (κ1) is 13.3. The van der Waals surface area contributed by atoms with Gasteiger partial charge >= 0.3 is 5.97 Å². The molecule has 0 aliphatic heterocycles. The van der Waals surface area contributed by atoms with Gasteiger partial charge in [-0.2, -0.15) is 0 Å². The van der Waals surface area contributed by atoms with E-state index in [1.54, 1.807) is 11.3 Å². The first-order valence-electron chi connectivity index (χ1n) is 6.87. The summed E-state index contributed by atoms with van der Waals surface area (Å²) < 4.78 is 0. The van der Waals surface area contributed by atoms with Gasteiger partial charge in [0.2, 0.25) is 0 Å². The number of nitrogens with one attached hydrogen (secondary N) is 1. The highest BCUT2D eigenvalue weighted by Crippen LogP contribution is 2.37. The number of fused-ring (bicyclic) bond motifs is 1. The van der Waals surface area contributed by atoms with Crippen LogP contribution in [-0.4, -0.2) is 27.6 Å². The predicted molar refractivity (Wildman–Crippen MR) is 79.1 cm³/mol. The molecular formula is C14H17N3O2S. The summed E-state index contributed by atoms with van der Waals surface area (Å²) in [6, 6.07) is 1.97. The molecule has 2 heterocycles. The van der Waals surface area contributed by atoms with Gasteiger partial charge in [-0.25, -0.2) is 9.97 Å². The summed E-state index contributed by atoms with van der Waals surface area (Å²) in [6.45, 7) is 0.435. The average Bonchev–Trinajstić information content (AvgIpc) is 2.95. The van der Waals surface area contributed by atoms with Crippen LogP contribution in [0.3, 0.4) is 0 Å². The SMILES string of the molecule is O=C(O)C1(CNc2ncnc3sccc23)CCCCC1. The van der Waals surface area contributed by atoms with Crippen molar-refractivity contribution in [1.82, 2.24) is 9.97 Å².